The van der Waals surface area contributed by atoms with E-state index in [9.17, 15) is 4.79 Å². The number of carbonyl (C=O) groups is 1. The molecule has 0 bridgehead atoms. The minimum Gasteiger partial charge on any atom is -0.495 e. The minimum absolute atomic E-state index is 0.0968. The zero-order chi connectivity index (χ0) is 11.3. The topological polar surface area (TPSA) is 66.8 Å². The van der Waals surface area contributed by atoms with Crippen molar-refractivity contribution in [1.29, 1.82) is 0 Å². The summed E-state index contributed by atoms with van der Waals surface area (Å²) in [5, 5.41) is 17.5. The molecule has 1 aromatic rings. The van der Waals surface area contributed by atoms with Crippen LogP contribution in [0.4, 0.5) is 0 Å². The van der Waals surface area contributed by atoms with Crippen molar-refractivity contribution in [2.24, 2.45) is 0 Å². The Morgan fingerprint density at radius 3 is 2.80 bits per heavy atom. The first-order valence-electron chi connectivity index (χ1n) is 4.38. The molecule has 1 rings (SSSR count). The van der Waals surface area contributed by atoms with Crippen molar-refractivity contribution in [2.75, 3.05) is 13.7 Å². The van der Waals surface area contributed by atoms with E-state index in [1.54, 1.807) is 18.2 Å². The van der Waals surface area contributed by atoms with Crippen LogP contribution in [0.5, 0.6) is 5.75 Å². The van der Waals surface area contributed by atoms with E-state index in [4.69, 9.17) is 14.9 Å². The molecule has 0 unspecified atom stereocenters. The number of ether oxygens (including phenoxy) is 1. The number of para-hydroxylation sites is 1. The highest BCUT2D eigenvalue weighted by Gasteiger charge is 2.12. The van der Waals surface area contributed by atoms with Crippen LogP contribution in [-0.2, 0) is 0 Å². The van der Waals surface area contributed by atoms with E-state index in [0.29, 0.717) is 11.3 Å². The van der Waals surface area contributed by atoms with Crippen LogP contribution in [0.2, 0.25) is 0 Å². The molecule has 0 radical (unpaired) electrons. The van der Waals surface area contributed by atoms with E-state index < -0.39 is 5.97 Å². The summed E-state index contributed by atoms with van der Waals surface area (Å²) in [7, 11) is 1.41. The van der Waals surface area contributed by atoms with Crippen molar-refractivity contribution < 1.29 is 19.7 Å². The fraction of sp³-hybridized carbons (Fsp3) is 0.182. The van der Waals surface area contributed by atoms with Crippen molar-refractivity contribution in [3.8, 4) is 5.75 Å². The number of hydrogen-bond acceptors (Lipinski definition) is 3. The van der Waals surface area contributed by atoms with E-state index >= 15 is 0 Å². The van der Waals surface area contributed by atoms with Crippen LogP contribution < -0.4 is 4.74 Å². The van der Waals surface area contributed by atoms with Crippen LogP contribution in [0.25, 0.3) is 6.08 Å². The SMILES string of the molecule is COc1c(C=CCO)cccc1C(=O)O. The van der Waals surface area contributed by atoms with Crippen molar-refractivity contribution in [3.05, 3.63) is 35.4 Å². The molecule has 0 atom stereocenters. The highest BCUT2D eigenvalue weighted by atomic mass is 16.5. The zero-order valence-corrected chi connectivity index (χ0v) is 8.30. The summed E-state index contributed by atoms with van der Waals surface area (Å²) in [6.45, 7) is -0.0968. The molecule has 0 amide bonds. The highest BCUT2D eigenvalue weighted by molar-refractivity contribution is 5.92. The van der Waals surface area contributed by atoms with Gasteiger partial charge in [-0.25, -0.2) is 4.79 Å². The van der Waals surface area contributed by atoms with Crippen molar-refractivity contribution in [2.45, 2.75) is 0 Å². The Balaban J connectivity index is 3.22. The normalized spacial score (nSPS) is 10.5. The van der Waals surface area contributed by atoms with Gasteiger partial charge in [-0.1, -0.05) is 24.3 Å². The lowest BCUT2D eigenvalue weighted by Gasteiger charge is -2.07. The van der Waals surface area contributed by atoms with E-state index in [1.807, 2.05) is 0 Å². The first kappa shape index (κ1) is 11.3. The number of methoxy groups -OCH3 is 1. The van der Waals surface area contributed by atoms with Gasteiger partial charge in [-0.05, 0) is 6.07 Å². The lowest BCUT2D eigenvalue weighted by Crippen LogP contribution is -2.01. The number of carboxylic acid groups (broad SMARTS) is 1. The molecule has 15 heavy (non-hydrogen) atoms. The standard InChI is InChI=1S/C11H12O4/c1-15-10-8(5-3-7-12)4-2-6-9(10)11(13)14/h2-6,12H,7H2,1H3,(H,13,14). The minimum atomic E-state index is -1.04. The smallest absolute Gasteiger partial charge is 0.339 e. The summed E-state index contributed by atoms with van der Waals surface area (Å²) < 4.78 is 5.02. The number of rotatable bonds is 4. The first-order chi connectivity index (χ1) is 7.20. The number of hydrogen-bond donors (Lipinski definition) is 2. The van der Waals surface area contributed by atoms with Gasteiger partial charge in [0.1, 0.15) is 11.3 Å². The molecule has 0 saturated carbocycles. The van der Waals surface area contributed by atoms with Crippen LogP contribution in [0.3, 0.4) is 0 Å². The predicted octanol–water partition coefficient (Wildman–Crippen LogP) is 1.40. The molecule has 1 aromatic carbocycles. The summed E-state index contributed by atoms with van der Waals surface area (Å²) in [4.78, 5) is 10.9. The summed E-state index contributed by atoms with van der Waals surface area (Å²) in [6, 6.07) is 4.82. The van der Waals surface area contributed by atoms with Gasteiger partial charge in [0.05, 0.1) is 13.7 Å². The Morgan fingerprint density at radius 1 is 1.53 bits per heavy atom. The van der Waals surface area contributed by atoms with E-state index in [-0.39, 0.29) is 12.2 Å². The maximum atomic E-state index is 10.9. The van der Waals surface area contributed by atoms with Crippen molar-refractivity contribution in [3.63, 3.8) is 0 Å². The molecule has 80 valence electrons. The largest absolute Gasteiger partial charge is 0.495 e. The van der Waals surface area contributed by atoms with Crippen molar-refractivity contribution >= 4 is 12.0 Å². The fourth-order valence-corrected chi connectivity index (χ4v) is 1.26. The van der Waals surface area contributed by atoms with Crippen LogP contribution in [-0.4, -0.2) is 29.9 Å². The van der Waals surface area contributed by atoms with Gasteiger partial charge < -0.3 is 14.9 Å². The van der Waals surface area contributed by atoms with Gasteiger partial charge in [-0.15, -0.1) is 0 Å². The van der Waals surface area contributed by atoms with Crippen LogP contribution in [0, 0.1) is 0 Å². The Bertz CT molecular complexity index is 382. The molecule has 2 N–H and O–H groups in total. The molecule has 0 saturated heterocycles. The summed E-state index contributed by atoms with van der Waals surface area (Å²) in [6.07, 6.45) is 3.13. The Labute approximate surface area is 87.4 Å². The van der Waals surface area contributed by atoms with Gasteiger partial charge in [0.25, 0.3) is 0 Å². The van der Waals surface area contributed by atoms with Gasteiger partial charge in [0.15, 0.2) is 0 Å². The highest BCUT2D eigenvalue weighted by Crippen LogP contribution is 2.24. The third kappa shape index (κ3) is 2.57. The van der Waals surface area contributed by atoms with Gasteiger partial charge >= 0.3 is 5.97 Å². The zero-order valence-electron chi connectivity index (χ0n) is 8.30. The molecular formula is C11H12O4. The predicted molar refractivity (Wildman–Crippen MR) is 56.1 cm³/mol. The molecule has 0 heterocycles. The molecule has 0 aliphatic carbocycles. The van der Waals surface area contributed by atoms with Gasteiger partial charge in [-0.2, -0.15) is 0 Å². The maximum Gasteiger partial charge on any atom is 0.339 e. The second kappa shape index (κ2) is 5.17. The number of aliphatic hydroxyl groups is 1. The first-order valence-corrected chi connectivity index (χ1v) is 4.38. The second-order valence-electron chi connectivity index (χ2n) is 2.82. The number of carboxylic acids is 1. The maximum absolute atomic E-state index is 10.9. The average molecular weight is 208 g/mol. The Kier molecular flexibility index (Phi) is 3.88. The van der Waals surface area contributed by atoms with Crippen LogP contribution in [0.1, 0.15) is 15.9 Å². The van der Waals surface area contributed by atoms with Gasteiger partial charge in [0, 0.05) is 5.56 Å². The third-order valence-electron chi connectivity index (χ3n) is 1.88. The molecule has 0 spiro atoms. The molecular weight excluding hydrogens is 196 g/mol. The van der Waals surface area contributed by atoms with E-state index in [0.717, 1.165) is 0 Å². The number of benzene rings is 1. The Morgan fingerprint density at radius 2 is 2.27 bits per heavy atom. The summed E-state index contributed by atoms with van der Waals surface area (Å²) >= 11 is 0. The van der Waals surface area contributed by atoms with Crippen molar-refractivity contribution in [1.82, 2.24) is 0 Å². The van der Waals surface area contributed by atoms with E-state index in [2.05, 4.69) is 0 Å². The van der Waals surface area contributed by atoms with Crippen LogP contribution in [0.15, 0.2) is 24.3 Å². The average Bonchev–Trinajstić information content (AvgIpc) is 2.25. The lowest BCUT2D eigenvalue weighted by atomic mass is 10.1. The lowest BCUT2D eigenvalue weighted by molar-refractivity contribution is 0.0693. The molecule has 0 fully saturated rings. The summed E-state index contributed by atoms with van der Waals surface area (Å²) in [5.41, 5.74) is 0.740. The number of aliphatic hydroxyl groups excluding tert-OH is 1. The van der Waals surface area contributed by atoms with Gasteiger partial charge in [0.2, 0.25) is 0 Å². The fourth-order valence-electron chi connectivity index (χ4n) is 1.26. The monoisotopic (exact) mass is 208 g/mol. The molecule has 4 heteroatoms. The molecule has 0 aliphatic heterocycles. The van der Waals surface area contributed by atoms with Crippen LogP contribution >= 0.6 is 0 Å². The number of aromatic carboxylic acids is 1. The quantitative estimate of drug-likeness (QED) is 0.784. The Hall–Kier alpha value is -1.81. The molecule has 0 aliphatic rings. The molecule has 0 aromatic heterocycles. The van der Waals surface area contributed by atoms with Gasteiger partial charge in [-0.3, -0.25) is 0 Å². The summed E-state index contributed by atoms with van der Waals surface area (Å²) in [5.74, 6) is -0.735. The third-order valence-corrected chi connectivity index (χ3v) is 1.88. The van der Waals surface area contributed by atoms with E-state index in [1.165, 1.54) is 19.3 Å². The second-order valence-corrected chi connectivity index (χ2v) is 2.82. The molecule has 4 nitrogen and oxygen atoms in total.